The SMILES string of the molecule is CNC(=C[N+](=O)[O-])NCCSCc1csc(CN2CCCCC2)c1. The molecular formula is C16H26N4O2S2. The monoisotopic (exact) mass is 370 g/mol. The summed E-state index contributed by atoms with van der Waals surface area (Å²) < 4.78 is 0. The van der Waals surface area contributed by atoms with E-state index in [1.807, 2.05) is 23.1 Å². The molecule has 24 heavy (non-hydrogen) atoms. The zero-order chi connectivity index (χ0) is 17.2. The van der Waals surface area contributed by atoms with Crippen LogP contribution in [0.1, 0.15) is 29.7 Å². The highest BCUT2D eigenvalue weighted by Gasteiger charge is 2.11. The van der Waals surface area contributed by atoms with E-state index in [0.29, 0.717) is 12.4 Å². The molecule has 134 valence electrons. The number of piperidine rings is 1. The number of nitrogens with one attached hydrogen (secondary N) is 2. The Bertz CT molecular complexity index is 542. The quantitative estimate of drug-likeness (QED) is 0.375. The fourth-order valence-corrected chi connectivity index (χ4v) is 4.50. The van der Waals surface area contributed by atoms with E-state index in [9.17, 15) is 10.1 Å². The molecule has 0 radical (unpaired) electrons. The third kappa shape index (κ3) is 7.11. The first-order valence-corrected chi connectivity index (χ1v) is 10.3. The second-order valence-electron chi connectivity index (χ2n) is 5.82. The molecule has 1 saturated heterocycles. The van der Waals surface area contributed by atoms with Gasteiger partial charge in [0.2, 0.25) is 0 Å². The lowest BCUT2D eigenvalue weighted by Gasteiger charge is -2.25. The highest BCUT2D eigenvalue weighted by Crippen LogP contribution is 2.22. The summed E-state index contributed by atoms with van der Waals surface area (Å²) >= 11 is 3.70. The molecule has 2 heterocycles. The minimum absolute atomic E-state index is 0.444. The second kappa shape index (κ2) is 10.6. The van der Waals surface area contributed by atoms with Gasteiger partial charge < -0.3 is 10.6 Å². The standard InChI is InChI=1S/C16H26N4O2S2/c1-17-16(11-20(21)22)18-5-8-23-12-14-9-15(24-13-14)10-19-6-3-2-4-7-19/h9,11,13,17-18H,2-8,10,12H2,1H3. The zero-order valence-corrected chi connectivity index (χ0v) is 15.8. The van der Waals surface area contributed by atoms with Crippen molar-refractivity contribution in [1.29, 1.82) is 0 Å². The van der Waals surface area contributed by atoms with Gasteiger partial charge in [0.25, 0.3) is 6.20 Å². The van der Waals surface area contributed by atoms with Crippen molar-refractivity contribution in [2.24, 2.45) is 0 Å². The lowest BCUT2D eigenvalue weighted by molar-refractivity contribution is -0.404. The minimum Gasteiger partial charge on any atom is -0.370 e. The average Bonchev–Trinajstić information content (AvgIpc) is 3.01. The van der Waals surface area contributed by atoms with E-state index < -0.39 is 4.92 Å². The van der Waals surface area contributed by atoms with Crippen LogP contribution < -0.4 is 10.6 Å². The van der Waals surface area contributed by atoms with Crippen LogP contribution in [-0.2, 0) is 12.3 Å². The summed E-state index contributed by atoms with van der Waals surface area (Å²) in [6, 6.07) is 2.32. The Hall–Kier alpha value is -1.25. The number of likely N-dealkylation sites (tertiary alicyclic amines) is 1. The van der Waals surface area contributed by atoms with Gasteiger partial charge in [-0.2, -0.15) is 11.8 Å². The van der Waals surface area contributed by atoms with Crippen molar-refractivity contribution in [2.75, 3.05) is 32.4 Å². The van der Waals surface area contributed by atoms with Gasteiger partial charge in [-0.25, -0.2) is 0 Å². The molecule has 0 atom stereocenters. The highest BCUT2D eigenvalue weighted by molar-refractivity contribution is 7.98. The van der Waals surface area contributed by atoms with Gasteiger partial charge in [-0.3, -0.25) is 15.0 Å². The summed E-state index contributed by atoms with van der Waals surface area (Å²) in [5.41, 5.74) is 1.38. The average molecular weight is 371 g/mol. The molecule has 1 aliphatic rings. The molecular weight excluding hydrogens is 344 g/mol. The van der Waals surface area contributed by atoms with Crippen LogP contribution in [0.5, 0.6) is 0 Å². The third-order valence-electron chi connectivity index (χ3n) is 3.87. The molecule has 0 unspecified atom stereocenters. The maximum absolute atomic E-state index is 10.4. The summed E-state index contributed by atoms with van der Waals surface area (Å²) in [7, 11) is 1.67. The number of hydrogen-bond acceptors (Lipinski definition) is 7. The predicted octanol–water partition coefficient (Wildman–Crippen LogP) is 2.85. The van der Waals surface area contributed by atoms with Crippen molar-refractivity contribution >= 4 is 23.1 Å². The predicted molar refractivity (Wildman–Crippen MR) is 102 cm³/mol. The normalized spacial score (nSPS) is 16.1. The molecule has 0 spiro atoms. The number of thioether (sulfide) groups is 1. The van der Waals surface area contributed by atoms with Crippen LogP contribution in [0.25, 0.3) is 0 Å². The van der Waals surface area contributed by atoms with E-state index in [4.69, 9.17) is 0 Å². The number of hydrogen-bond donors (Lipinski definition) is 2. The molecule has 0 bridgehead atoms. The second-order valence-corrected chi connectivity index (χ2v) is 7.92. The Balaban J connectivity index is 1.63. The van der Waals surface area contributed by atoms with E-state index in [1.165, 1.54) is 42.8 Å². The molecule has 0 aromatic carbocycles. The number of rotatable bonds is 10. The maximum atomic E-state index is 10.4. The van der Waals surface area contributed by atoms with Crippen LogP contribution in [0.2, 0.25) is 0 Å². The van der Waals surface area contributed by atoms with E-state index in [1.54, 1.807) is 7.05 Å². The van der Waals surface area contributed by atoms with Crippen molar-refractivity contribution in [3.8, 4) is 0 Å². The van der Waals surface area contributed by atoms with E-state index in [-0.39, 0.29) is 0 Å². The molecule has 1 aromatic rings. The molecule has 1 fully saturated rings. The van der Waals surface area contributed by atoms with E-state index in [2.05, 4.69) is 27.0 Å². The Kier molecular flexibility index (Phi) is 8.41. The fourth-order valence-electron chi connectivity index (χ4n) is 2.67. The van der Waals surface area contributed by atoms with E-state index >= 15 is 0 Å². The minimum atomic E-state index is -0.457. The molecule has 2 N–H and O–H groups in total. The van der Waals surface area contributed by atoms with Crippen molar-refractivity contribution in [1.82, 2.24) is 15.5 Å². The molecule has 1 aromatic heterocycles. The number of nitro groups is 1. The Morgan fingerprint density at radius 2 is 2.25 bits per heavy atom. The summed E-state index contributed by atoms with van der Waals surface area (Å²) in [6.45, 7) is 4.27. The first kappa shape index (κ1) is 19.1. The van der Waals surface area contributed by atoms with Crippen LogP contribution >= 0.6 is 23.1 Å². The van der Waals surface area contributed by atoms with Gasteiger partial charge in [0, 0.05) is 36.5 Å². The van der Waals surface area contributed by atoms with Gasteiger partial charge >= 0.3 is 0 Å². The first-order chi connectivity index (χ1) is 11.7. The van der Waals surface area contributed by atoms with Crippen LogP contribution in [0.3, 0.4) is 0 Å². The Labute approximate surface area is 151 Å². The summed E-state index contributed by atoms with van der Waals surface area (Å²) in [6.07, 6.45) is 5.00. The number of thiophene rings is 1. The molecule has 0 aliphatic carbocycles. The summed E-state index contributed by atoms with van der Waals surface area (Å²) in [4.78, 5) is 14.0. The molecule has 8 heteroatoms. The van der Waals surface area contributed by atoms with Gasteiger partial charge in [0.1, 0.15) is 0 Å². The van der Waals surface area contributed by atoms with Crippen molar-refractivity contribution in [3.63, 3.8) is 0 Å². The van der Waals surface area contributed by atoms with Crippen molar-refractivity contribution in [3.05, 3.63) is 44.0 Å². The van der Waals surface area contributed by atoms with E-state index in [0.717, 1.165) is 24.3 Å². The smallest absolute Gasteiger partial charge is 0.274 e. The highest BCUT2D eigenvalue weighted by atomic mass is 32.2. The third-order valence-corrected chi connectivity index (χ3v) is 5.87. The number of nitrogens with zero attached hydrogens (tertiary/aromatic N) is 2. The topological polar surface area (TPSA) is 70.4 Å². The molecule has 0 saturated carbocycles. The van der Waals surface area contributed by atoms with Crippen LogP contribution in [0, 0.1) is 10.1 Å². The summed E-state index contributed by atoms with van der Waals surface area (Å²) in [5.74, 6) is 2.35. The van der Waals surface area contributed by atoms with Crippen molar-refractivity contribution in [2.45, 2.75) is 31.6 Å². The molecule has 0 amide bonds. The van der Waals surface area contributed by atoms with Crippen LogP contribution in [0.4, 0.5) is 0 Å². The van der Waals surface area contributed by atoms with Gasteiger partial charge in [0.15, 0.2) is 5.82 Å². The Morgan fingerprint density at radius 1 is 1.46 bits per heavy atom. The first-order valence-electron chi connectivity index (χ1n) is 8.30. The van der Waals surface area contributed by atoms with Gasteiger partial charge in [-0.15, -0.1) is 11.3 Å². The van der Waals surface area contributed by atoms with Gasteiger partial charge in [0.05, 0.1) is 4.92 Å². The lowest BCUT2D eigenvalue weighted by Crippen LogP contribution is -2.28. The maximum Gasteiger partial charge on any atom is 0.274 e. The molecule has 6 nitrogen and oxygen atoms in total. The largest absolute Gasteiger partial charge is 0.370 e. The zero-order valence-electron chi connectivity index (χ0n) is 14.1. The molecule has 1 aliphatic heterocycles. The molecule has 2 rings (SSSR count). The Morgan fingerprint density at radius 3 is 2.96 bits per heavy atom. The summed E-state index contributed by atoms with van der Waals surface area (Å²) in [5, 5.41) is 18.5. The lowest BCUT2D eigenvalue weighted by atomic mass is 10.1. The van der Waals surface area contributed by atoms with Gasteiger partial charge in [-0.1, -0.05) is 6.42 Å². The van der Waals surface area contributed by atoms with Crippen LogP contribution in [-0.4, -0.2) is 42.3 Å². The van der Waals surface area contributed by atoms with Crippen molar-refractivity contribution < 1.29 is 4.92 Å². The van der Waals surface area contributed by atoms with Crippen LogP contribution in [0.15, 0.2) is 23.5 Å². The fraction of sp³-hybridized carbons (Fsp3) is 0.625. The van der Waals surface area contributed by atoms with Gasteiger partial charge in [-0.05, 0) is 42.9 Å².